The molecule has 0 aliphatic heterocycles. The lowest BCUT2D eigenvalue weighted by atomic mass is 9.89. The van der Waals surface area contributed by atoms with Gasteiger partial charge in [-0.15, -0.1) is 0 Å². The van der Waals surface area contributed by atoms with E-state index in [1.807, 2.05) is 20.8 Å². The summed E-state index contributed by atoms with van der Waals surface area (Å²) in [5.74, 6) is 0. The van der Waals surface area contributed by atoms with Crippen LogP contribution in [0.2, 0.25) is 0 Å². The van der Waals surface area contributed by atoms with E-state index in [0.717, 1.165) is 0 Å². The average molecular weight is 174 g/mol. The highest BCUT2D eigenvalue weighted by Gasteiger charge is 2.24. The van der Waals surface area contributed by atoms with Crippen molar-refractivity contribution in [3.05, 3.63) is 0 Å². The molecule has 0 aromatic carbocycles. The summed E-state index contributed by atoms with van der Waals surface area (Å²) in [4.78, 5) is 11.9. The second kappa shape index (κ2) is 3.76. The van der Waals surface area contributed by atoms with Crippen LogP contribution in [0.15, 0.2) is 0 Å². The Balaban J connectivity index is 4.01. The maximum Gasteiger partial charge on any atom is 0.314 e. The molecule has 0 aromatic heterocycles. The number of aliphatic hydroxyl groups excluding tert-OH is 1. The van der Waals surface area contributed by atoms with Gasteiger partial charge < -0.3 is 15.7 Å². The van der Waals surface area contributed by atoms with Gasteiger partial charge in [-0.1, -0.05) is 20.8 Å². The number of nitrogens with two attached hydrogens (primary N) is 1. The number of carbonyl (C=O) groups excluding carboxylic acids is 1. The zero-order chi connectivity index (χ0) is 9.94. The van der Waals surface area contributed by atoms with Gasteiger partial charge in [-0.05, 0) is 5.41 Å². The number of rotatable bonds is 2. The van der Waals surface area contributed by atoms with E-state index < -0.39 is 12.1 Å². The molecule has 0 radical (unpaired) electrons. The van der Waals surface area contributed by atoms with E-state index in [1.54, 1.807) is 7.05 Å². The molecule has 0 fully saturated rings. The van der Waals surface area contributed by atoms with Crippen LogP contribution in [0.1, 0.15) is 20.8 Å². The maximum atomic E-state index is 10.6. The molecule has 0 aromatic rings. The third kappa shape index (κ3) is 3.57. The Morgan fingerprint density at radius 2 is 2.00 bits per heavy atom. The van der Waals surface area contributed by atoms with E-state index in [-0.39, 0.29) is 12.0 Å². The first kappa shape index (κ1) is 11.2. The summed E-state index contributed by atoms with van der Waals surface area (Å²) in [5, 5.41) is 9.56. The number of nitrogens with zero attached hydrogens (tertiary/aromatic N) is 1. The van der Waals surface area contributed by atoms with Gasteiger partial charge in [0.25, 0.3) is 0 Å². The predicted octanol–water partition coefficient (Wildman–Crippen LogP) is 0.404. The van der Waals surface area contributed by atoms with Crippen LogP contribution < -0.4 is 5.73 Å². The summed E-state index contributed by atoms with van der Waals surface area (Å²) < 4.78 is 0. The van der Waals surface area contributed by atoms with E-state index in [1.165, 1.54) is 4.90 Å². The quantitative estimate of drug-likeness (QED) is 0.636. The van der Waals surface area contributed by atoms with Crippen molar-refractivity contribution in [1.82, 2.24) is 4.90 Å². The number of aliphatic hydroxyl groups is 1. The summed E-state index contributed by atoms with van der Waals surface area (Å²) in [6, 6.07) is -0.515. The topological polar surface area (TPSA) is 66.6 Å². The van der Waals surface area contributed by atoms with Crippen molar-refractivity contribution in [2.45, 2.75) is 26.9 Å². The number of hydrogen-bond acceptors (Lipinski definition) is 2. The third-order valence-electron chi connectivity index (χ3n) is 1.82. The van der Waals surface area contributed by atoms with Crippen LogP contribution in [-0.2, 0) is 0 Å². The minimum Gasteiger partial charge on any atom is -0.391 e. The van der Waals surface area contributed by atoms with E-state index in [4.69, 9.17) is 5.73 Å². The molecule has 0 aliphatic carbocycles. The van der Waals surface area contributed by atoms with Gasteiger partial charge in [-0.2, -0.15) is 0 Å². The zero-order valence-corrected chi connectivity index (χ0v) is 8.16. The summed E-state index contributed by atoms with van der Waals surface area (Å²) in [7, 11) is 1.57. The number of urea groups is 1. The monoisotopic (exact) mass is 174 g/mol. The molecule has 1 atom stereocenters. The number of primary amides is 1. The Labute approximate surface area is 73.3 Å². The largest absolute Gasteiger partial charge is 0.391 e. The smallest absolute Gasteiger partial charge is 0.314 e. The summed E-state index contributed by atoms with van der Waals surface area (Å²) >= 11 is 0. The Morgan fingerprint density at radius 3 is 2.25 bits per heavy atom. The molecule has 0 saturated heterocycles. The van der Waals surface area contributed by atoms with Gasteiger partial charge in [0, 0.05) is 13.6 Å². The predicted molar refractivity (Wildman–Crippen MR) is 47.7 cm³/mol. The van der Waals surface area contributed by atoms with Gasteiger partial charge in [0.2, 0.25) is 0 Å². The lowest BCUT2D eigenvalue weighted by Crippen LogP contribution is -2.42. The molecule has 1 unspecified atom stereocenters. The molecule has 3 N–H and O–H groups in total. The van der Waals surface area contributed by atoms with E-state index in [9.17, 15) is 9.90 Å². The van der Waals surface area contributed by atoms with Crippen molar-refractivity contribution in [2.24, 2.45) is 11.1 Å². The molecule has 0 saturated carbocycles. The van der Waals surface area contributed by atoms with Crippen molar-refractivity contribution in [3.8, 4) is 0 Å². The van der Waals surface area contributed by atoms with Crippen molar-refractivity contribution in [2.75, 3.05) is 13.6 Å². The van der Waals surface area contributed by atoms with Crippen LogP contribution >= 0.6 is 0 Å². The highest BCUT2D eigenvalue weighted by atomic mass is 16.3. The first-order valence-electron chi connectivity index (χ1n) is 3.93. The Hall–Kier alpha value is -0.770. The highest BCUT2D eigenvalue weighted by Crippen LogP contribution is 2.19. The normalized spacial score (nSPS) is 14.1. The Kier molecular flexibility index (Phi) is 3.52. The van der Waals surface area contributed by atoms with Gasteiger partial charge in [0.05, 0.1) is 6.10 Å². The summed E-state index contributed by atoms with van der Waals surface area (Å²) in [6.45, 7) is 6.00. The average Bonchev–Trinajstić information content (AvgIpc) is 1.85. The van der Waals surface area contributed by atoms with Gasteiger partial charge in [0.15, 0.2) is 0 Å². The van der Waals surface area contributed by atoms with Gasteiger partial charge >= 0.3 is 6.03 Å². The molecule has 0 bridgehead atoms. The molecule has 72 valence electrons. The van der Waals surface area contributed by atoms with Crippen LogP contribution in [0.3, 0.4) is 0 Å². The highest BCUT2D eigenvalue weighted by molar-refractivity contribution is 5.71. The molecule has 2 amide bonds. The minimum absolute atomic E-state index is 0.219. The SMILES string of the molecule is CN(CC(O)C(C)(C)C)C(N)=O. The van der Waals surface area contributed by atoms with E-state index >= 15 is 0 Å². The number of carbonyl (C=O) groups is 1. The van der Waals surface area contributed by atoms with Crippen LogP contribution in [0.5, 0.6) is 0 Å². The zero-order valence-electron chi connectivity index (χ0n) is 8.16. The van der Waals surface area contributed by atoms with Crippen molar-refractivity contribution >= 4 is 6.03 Å². The lowest BCUT2D eigenvalue weighted by molar-refractivity contribution is 0.0434. The van der Waals surface area contributed by atoms with E-state index in [2.05, 4.69) is 0 Å². The van der Waals surface area contributed by atoms with Gasteiger partial charge in [-0.25, -0.2) is 4.79 Å². The first-order valence-corrected chi connectivity index (χ1v) is 3.93. The van der Waals surface area contributed by atoms with Crippen molar-refractivity contribution in [3.63, 3.8) is 0 Å². The molecule has 4 nitrogen and oxygen atoms in total. The number of amides is 2. The molecule has 0 heterocycles. The van der Waals surface area contributed by atoms with Crippen LogP contribution in [0, 0.1) is 5.41 Å². The van der Waals surface area contributed by atoms with Crippen molar-refractivity contribution < 1.29 is 9.90 Å². The molecule has 0 aliphatic rings. The first-order chi connectivity index (χ1) is 5.25. The third-order valence-corrected chi connectivity index (χ3v) is 1.82. The molecule has 0 spiro atoms. The second-order valence-corrected chi connectivity index (χ2v) is 4.10. The van der Waals surface area contributed by atoms with Crippen LogP contribution in [0.25, 0.3) is 0 Å². The van der Waals surface area contributed by atoms with E-state index in [0.29, 0.717) is 0 Å². The number of hydrogen-bond donors (Lipinski definition) is 2. The lowest BCUT2D eigenvalue weighted by Gasteiger charge is -2.29. The Morgan fingerprint density at radius 1 is 1.58 bits per heavy atom. The Bertz CT molecular complexity index is 163. The molecule has 0 rings (SSSR count). The van der Waals surface area contributed by atoms with Crippen molar-refractivity contribution in [1.29, 1.82) is 0 Å². The fourth-order valence-electron chi connectivity index (χ4n) is 0.623. The number of likely N-dealkylation sites (N-methyl/N-ethyl adjacent to an activating group) is 1. The standard InChI is InChI=1S/C8H18N2O2/c1-8(2,3)6(11)5-10(4)7(9)12/h6,11H,5H2,1-4H3,(H2,9,12). The fourth-order valence-corrected chi connectivity index (χ4v) is 0.623. The second-order valence-electron chi connectivity index (χ2n) is 4.10. The van der Waals surface area contributed by atoms with Crippen LogP contribution in [-0.4, -0.2) is 35.7 Å². The summed E-state index contributed by atoms with van der Waals surface area (Å²) in [5.41, 5.74) is 4.78. The van der Waals surface area contributed by atoms with Gasteiger partial charge in [0.1, 0.15) is 0 Å². The maximum absolute atomic E-state index is 10.6. The van der Waals surface area contributed by atoms with Crippen LogP contribution in [0.4, 0.5) is 4.79 Å². The minimum atomic E-state index is -0.546. The molecular formula is C8H18N2O2. The fraction of sp³-hybridized carbons (Fsp3) is 0.875. The molecule has 12 heavy (non-hydrogen) atoms. The summed E-state index contributed by atoms with van der Waals surface area (Å²) in [6.07, 6.45) is -0.546. The van der Waals surface area contributed by atoms with Gasteiger partial charge in [-0.3, -0.25) is 0 Å². The molecule has 4 heteroatoms. The molecular weight excluding hydrogens is 156 g/mol.